The Bertz CT molecular complexity index is 458. The molecule has 18 heavy (non-hydrogen) atoms. The van der Waals surface area contributed by atoms with Crippen LogP contribution in [0.15, 0.2) is 12.3 Å². The third kappa shape index (κ3) is 1.75. The molecule has 0 radical (unpaired) electrons. The van der Waals surface area contributed by atoms with Crippen molar-refractivity contribution in [2.45, 2.75) is 44.2 Å². The lowest BCUT2D eigenvalue weighted by Gasteiger charge is -2.41. The summed E-state index contributed by atoms with van der Waals surface area (Å²) in [5, 5.41) is 0. The molecule has 0 N–H and O–H groups in total. The molecule has 0 unspecified atom stereocenters. The Balaban J connectivity index is 1.99. The maximum Gasteiger partial charge on any atom is 0.339 e. The van der Waals surface area contributed by atoms with Crippen molar-refractivity contribution >= 4 is 5.97 Å². The smallest absolute Gasteiger partial charge is 0.339 e. The van der Waals surface area contributed by atoms with Gasteiger partial charge in [0.05, 0.1) is 25.0 Å². The zero-order valence-corrected chi connectivity index (χ0v) is 10.8. The van der Waals surface area contributed by atoms with Crippen LogP contribution in [0.3, 0.4) is 0 Å². The van der Waals surface area contributed by atoms with Crippen LogP contribution >= 0.6 is 0 Å². The SMILES string of the molecule is COC(=O)c1cc2n(c1)CCOC21CCCCC1. The first-order valence-electron chi connectivity index (χ1n) is 6.68. The molecular formula is C14H19NO3. The number of rotatable bonds is 1. The summed E-state index contributed by atoms with van der Waals surface area (Å²) in [7, 11) is 1.42. The zero-order valence-electron chi connectivity index (χ0n) is 10.8. The summed E-state index contributed by atoms with van der Waals surface area (Å²) >= 11 is 0. The Kier molecular flexibility index (Phi) is 2.90. The number of hydrogen-bond donors (Lipinski definition) is 0. The van der Waals surface area contributed by atoms with Crippen LogP contribution in [0.2, 0.25) is 0 Å². The number of esters is 1. The monoisotopic (exact) mass is 249 g/mol. The molecular weight excluding hydrogens is 230 g/mol. The molecule has 1 aliphatic heterocycles. The Morgan fingerprint density at radius 1 is 1.39 bits per heavy atom. The van der Waals surface area contributed by atoms with Crippen LogP contribution in [0, 0.1) is 0 Å². The molecule has 4 nitrogen and oxygen atoms in total. The van der Waals surface area contributed by atoms with Crippen molar-refractivity contribution in [1.29, 1.82) is 0 Å². The van der Waals surface area contributed by atoms with Crippen LogP contribution < -0.4 is 0 Å². The zero-order chi connectivity index (χ0) is 12.6. The Morgan fingerprint density at radius 2 is 2.17 bits per heavy atom. The maximum absolute atomic E-state index is 11.6. The van der Waals surface area contributed by atoms with Crippen LogP contribution in [0.4, 0.5) is 0 Å². The molecule has 1 aliphatic carbocycles. The average molecular weight is 249 g/mol. The summed E-state index contributed by atoms with van der Waals surface area (Å²) in [5.41, 5.74) is 1.65. The van der Waals surface area contributed by atoms with Crippen molar-refractivity contribution in [2.24, 2.45) is 0 Å². The number of carbonyl (C=O) groups excluding carboxylic acids is 1. The molecule has 0 atom stereocenters. The van der Waals surface area contributed by atoms with E-state index in [-0.39, 0.29) is 11.6 Å². The summed E-state index contributed by atoms with van der Waals surface area (Å²) in [6.07, 6.45) is 7.74. The molecule has 0 amide bonds. The van der Waals surface area contributed by atoms with Gasteiger partial charge in [-0.15, -0.1) is 0 Å². The third-order valence-corrected chi connectivity index (χ3v) is 4.16. The van der Waals surface area contributed by atoms with Gasteiger partial charge < -0.3 is 14.0 Å². The second-order valence-electron chi connectivity index (χ2n) is 5.20. The van der Waals surface area contributed by atoms with E-state index in [0.29, 0.717) is 5.56 Å². The highest BCUT2D eigenvalue weighted by Gasteiger charge is 2.40. The first-order chi connectivity index (χ1) is 8.75. The van der Waals surface area contributed by atoms with Crippen LogP contribution in [0.1, 0.15) is 48.2 Å². The molecule has 0 aromatic carbocycles. The van der Waals surface area contributed by atoms with Gasteiger partial charge >= 0.3 is 5.97 Å². The Labute approximate surface area is 107 Å². The highest BCUT2D eigenvalue weighted by molar-refractivity contribution is 5.89. The summed E-state index contributed by atoms with van der Waals surface area (Å²) in [6.45, 7) is 1.57. The summed E-state index contributed by atoms with van der Waals surface area (Å²) < 4.78 is 13.1. The fraction of sp³-hybridized carbons (Fsp3) is 0.643. The topological polar surface area (TPSA) is 40.5 Å². The second-order valence-corrected chi connectivity index (χ2v) is 5.20. The van der Waals surface area contributed by atoms with Crippen LogP contribution in [-0.2, 0) is 21.6 Å². The summed E-state index contributed by atoms with van der Waals surface area (Å²) in [6, 6.07) is 1.95. The molecule has 0 bridgehead atoms. The van der Waals surface area contributed by atoms with Crippen LogP contribution in [0.25, 0.3) is 0 Å². The fourth-order valence-corrected chi connectivity index (χ4v) is 3.25. The lowest BCUT2D eigenvalue weighted by Crippen LogP contribution is -2.39. The van der Waals surface area contributed by atoms with Crippen molar-refractivity contribution in [1.82, 2.24) is 4.57 Å². The number of fused-ring (bicyclic) bond motifs is 2. The second kappa shape index (κ2) is 4.43. The largest absolute Gasteiger partial charge is 0.465 e. The van der Waals surface area contributed by atoms with Gasteiger partial charge in [-0.1, -0.05) is 19.3 Å². The van der Waals surface area contributed by atoms with E-state index in [9.17, 15) is 4.79 Å². The predicted octanol–water partition coefficient (Wildman–Crippen LogP) is 2.46. The molecule has 2 aliphatic rings. The van der Waals surface area contributed by atoms with Gasteiger partial charge in [-0.3, -0.25) is 0 Å². The summed E-state index contributed by atoms with van der Waals surface area (Å²) in [4.78, 5) is 11.6. The minimum Gasteiger partial charge on any atom is -0.465 e. The molecule has 3 rings (SSSR count). The molecule has 1 aromatic heterocycles. The highest BCUT2D eigenvalue weighted by atomic mass is 16.5. The number of aromatic nitrogens is 1. The maximum atomic E-state index is 11.6. The first kappa shape index (κ1) is 11.8. The Morgan fingerprint density at radius 3 is 2.89 bits per heavy atom. The van der Waals surface area contributed by atoms with Crippen molar-refractivity contribution in [2.75, 3.05) is 13.7 Å². The molecule has 98 valence electrons. The van der Waals surface area contributed by atoms with Gasteiger partial charge in [0.1, 0.15) is 5.60 Å². The van der Waals surface area contributed by atoms with E-state index in [1.165, 1.54) is 26.4 Å². The number of ether oxygens (including phenoxy) is 2. The standard InChI is InChI=1S/C14H19NO3/c1-17-13(16)11-9-12-14(5-3-2-4-6-14)18-8-7-15(12)10-11/h9-10H,2-8H2,1H3. The molecule has 1 spiro atoms. The van der Waals surface area contributed by atoms with Gasteiger partial charge in [0.25, 0.3) is 0 Å². The van der Waals surface area contributed by atoms with Gasteiger partial charge in [0, 0.05) is 12.7 Å². The molecule has 1 saturated carbocycles. The molecule has 1 fully saturated rings. The molecule has 2 heterocycles. The lowest BCUT2D eigenvalue weighted by molar-refractivity contribution is -0.100. The number of methoxy groups -OCH3 is 1. The van der Waals surface area contributed by atoms with E-state index in [4.69, 9.17) is 9.47 Å². The van der Waals surface area contributed by atoms with E-state index < -0.39 is 0 Å². The molecule has 0 saturated heterocycles. The van der Waals surface area contributed by atoms with E-state index in [2.05, 4.69) is 4.57 Å². The Hall–Kier alpha value is -1.29. The number of nitrogens with zero attached hydrogens (tertiary/aromatic N) is 1. The van der Waals surface area contributed by atoms with Crippen LogP contribution in [-0.4, -0.2) is 24.3 Å². The predicted molar refractivity (Wildman–Crippen MR) is 66.5 cm³/mol. The van der Waals surface area contributed by atoms with Crippen molar-refractivity contribution in [3.8, 4) is 0 Å². The van der Waals surface area contributed by atoms with E-state index in [1.54, 1.807) is 0 Å². The van der Waals surface area contributed by atoms with E-state index in [0.717, 1.165) is 31.7 Å². The van der Waals surface area contributed by atoms with E-state index in [1.807, 2.05) is 12.3 Å². The summed E-state index contributed by atoms with van der Waals surface area (Å²) in [5.74, 6) is -0.261. The lowest BCUT2D eigenvalue weighted by atomic mass is 9.81. The third-order valence-electron chi connectivity index (χ3n) is 4.16. The minimum absolute atomic E-state index is 0.150. The first-order valence-corrected chi connectivity index (χ1v) is 6.68. The minimum atomic E-state index is -0.261. The highest BCUT2D eigenvalue weighted by Crippen LogP contribution is 2.43. The molecule has 4 heteroatoms. The van der Waals surface area contributed by atoms with Gasteiger partial charge in [-0.2, -0.15) is 0 Å². The fourth-order valence-electron chi connectivity index (χ4n) is 3.25. The number of hydrogen-bond acceptors (Lipinski definition) is 3. The van der Waals surface area contributed by atoms with Gasteiger partial charge in [-0.05, 0) is 18.9 Å². The van der Waals surface area contributed by atoms with Gasteiger partial charge in [0.2, 0.25) is 0 Å². The molecule has 1 aromatic rings. The van der Waals surface area contributed by atoms with Gasteiger partial charge in [0.15, 0.2) is 0 Å². The van der Waals surface area contributed by atoms with Crippen molar-refractivity contribution in [3.63, 3.8) is 0 Å². The average Bonchev–Trinajstić information content (AvgIpc) is 2.85. The van der Waals surface area contributed by atoms with E-state index >= 15 is 0 Å². The number of carbonyl (C=O) groups is 1. The normalized spacial score (nSPS) is 21.6. The van der Waals surface area contributed by atoms with Gasteiger partial charge in [-0.25, -0.2) is 4.79 Å². The van der Waals surface area contributed by atoms with Crippen LogP contribution in [0.5, 0.6) is 0 Å². The quantitative estimate of drug-likeness (QED) is 0.718. The van der Waals surface area contributed by atoms with Crippen molar-refractivity contribution in [3.05, 3.63) is 23.5 Å². The van der Waals surface area contributed by atoms with Crippen molar-refractivity contribution < 1.29 is 14.3 Å².